The maximum atomic E-state index is 13.5. The number of benzene rings is 1. The number of aliphatic hydroxyl groups is 2. The Hall–Kier alpha value is -1.91. The van der Waals surface area contributed by atoms with Crippen molar-refractivity contribution in [1.82, 2.24) is 10.2 Å². The molecule has 8 heteroatoms. The lowest BCUT2D eigenvalue weighted by molar-refractivity contribution is -0.142. The molecule has 7 nitrogen and oxygen atoms in total. The van der Waals surface area contributed by atoms with Crippen LogP contribution in [-0.4, -0.2) is 64.4 Å². The van der Waals surface area contributed by atoms with Gasteiger partial charge in [0.1, 0.15) is 18.0 Å². The number of carbonyl (C=O) groups is 2. The third-order valence-electron chi connectivity index (χ3n) is 6.74. The number of halogens is 1. The lowest BCUT2D eigenvalue weighted by atomic mass is 9.86. The number of aliphatic hydroxyl groups excluding tert-OH is 2. The normalized spacial score (nSPS) is 23.1. The van der Waals surface area contributed by atoms with Crippen molar-refractivity contribution in [2.75, 3.05) is 13.2 Å². The molecule has 1 fully saturated rings. The fraction of sp³-hybridized carbons (Fsp3) is 0.556. The highest BCUT2D eigenvalue weighted by atomic mass is 127. The van der Waals surface area contributed by atoms with Crippen molar-refractivity contribution in [3.63, 3.8) is 0 Å². The predicted molar refractivity (Wildman–Crippen MR) is 144 cm³/mol. The molecule has 192 valence electrons. The summed E-state index contributed by atoms with van der Waals surface area (Å²) in [4.78, 5) is 28.3. The Kier molecular flexibility index (Phi) is 11.1. The predicted octanol–water partition coefficient (Wildman–Crippen LogP) is 3.72. The Morgan fingerprint density at radius 3 is 2.57 bits per heavy atom. The maximum absolute atomic E-state index is 13.5. The van der Waals surface area contributed by atoms with Gasteiger partial charge in [-0.15, -0.1) is 6.58 Å². The Balaban J connectivity index is 1.96. The van der Waals surface area contributed by atoms with E-state index >= 15 is 0 Å². The van der Waals surface area contributed by atoms with Crippen LogP contribution in [-0.2, 0) is 9.59 Å². The van der Waals surface area contributed by atoms with Crippen LogP contribution in [0, 0.1) is 3.57 Å². The minimum Gasteiger partial charge on any atom is -0.482 e. The van der Waals surface area contributed by atoms with Crippen molar-refractivity contribution in [1.29, 1.82) is 0 Å². The molecule has 0 spiro atoms. The largest absolute Gasteiger partial charge is 0.482 e. The van der Waals surface area contributed by atoms with Crippen LogP contribution in [0.15, 0.2) is 48.6 Å². The number of hydrogen-bond donors (Lipinski definition) is 3. The smallest absolute Gasteiger partial charge is 0.247 e. The average Bonchev–Trinajstić information content (AvgIpc) is 3.14. The zero-order valence-corrected chi connectivity index (χ0v) is 22.4. The van der Waals surface area contributed by atoms with E-state index in [9.17, 15) is 14.7 Å². The molecule has 0 aromatic heterocycles. The summed E-state index contributed by atoms with van der Waals surface area (Å²) in [6, 6.07) is 6.95. The van der Waals surface area contributed by atoms with Gasteiger partial charge in [0, 0.05) is 31.0 Å². The first-order chi connectivity index (χ1) is 17.0. The molecule has 35 heavy (non-hydrogen) atoms. The Morgan fingerprint density at radius 2 is 1.91 bits per heavy atom. The molecule has 0 heterocycles. The maximum Gasteiger partial charge on any atom is 0.247 e. The first-order valence-electron chi connectivity index (χ1n) is 12.6. The highest BCUT2D eigenvalue weighted by Gasteiger charge is 2.42. The first-order valence-corrected chi connectivity index (χ1v) is 13.6. The number of nitrogens with one attached hydrogen (secondary N) is 1. The number of carbonyl (C=O) groups excluding carboxylic acids is 2. The fourth-order valence-corrected chi connectivity index (χ4v) is 5.50. The number of ether oxygens (including phenoxy) is 1. The van der Waals surface area contributed by atoms with E-state index in [1.807, 2.05) is 29.2 Å². The van der Waals surface area contributed by atoms with Crippen molar-refractivity contribution < 1.29 is 24.5 Å². The molecule has 1 aromatic rings. The van der Waals surface area contributed by atoms with Gasteiger partial charge in [-0.05, 0) is 60.1 Å². The van der Waals surface area contributed by atoms with E-state index in [2.05, 4.69) is 34.5 Å². The molecule has 2 aliphatic carbocycles. The number of rotatable bonds is 10. The molecule has 2 amide bonds. The van der Waals surface area contributed by atoms with E-state index in [1.54, 1.807) is 12.2 Å². The van der Waals surface area contributed by atoms with Gasteiger partial charge < -0.3 is 25.2 Å². The topological polar surface area (TPSA) is 99.1 Å². The van der Waals surface area contributed by atoms with Crippen LogP contribution in [0.5, 0.6) is 5.75 Å². The minimum absolute atomic E-state index is 0.0202. The molecule has 1 aromatic carbocycles. The molecule has 2 aliphatic rings. The number of amides is 2. The Morgan fingerprint density at radius 1 is 1.20 bits per heavy atom. The second-order valence-electron chi connectivity index (χ2n) is 9.22. The summed E-state index contributed by atoms with van der Waals surface area (Å²) in [7, 11) is 0. The highest BCUT2D eigenvalue weighted by Crippen LogP contribution is 2.33. The third-order valence-corrected chi connectivity index (χ3v) is 7.63. The highest BCUT2D eigenvalue weighted by molar-refractivity contribution is 14.1. The van der Waals surface area contributed by atoms with Crippen LogP contribution in [0.2, 0.25) is 0 Å². The molecule has 3 rings (SSSR count). The van der Waals surface area contributed by atoms with Crippen molar-refractivity contribution >= 4 is 34.4 Å². The van der Waals surface area contributed by atoms with Crippen molar-refractivity contribution in [3.8, 4) is 5.75 Å². The summed E-state index contributed by atoms with van der Waals surface area (Å²) < 4.78 is 7.11. The van der Waals surface area contributed by atoms with E-state index in [0.717, 1.165) is 42.1 Å². The van der Waals surface area contributed by atoms with Crippen molar-refractivity contribution in [2.24, 2.45) is 0 Å². The molecular formula is C27H37IN2O5. The lowest BCUT2D eigenvalue weighted by Crippen LogP contribution is -2.58. The van der Waals surface area contributed by atoms with E-state index in [0.29, 0.717) is 24.2 Å². The van der Waals surface area contributed by atoms with Gasteiger partial charge in [-0.2, -0.15) is 0 Å². The second kappa shape index (κ2) is 14.0. The van der Waals surface area contributed by atoms with Crippen LogP contribution in [0.4, 0.5) is 0 Å². The fourth-order valence-electron chi connectivity index (χ4n) is 4.98. The van der Waals surface area contributed by atoms with E-state index in [4.69, 9.17) is 9.84 Å². The molecule has 3 N–H and O–H groups in total. The van der Waals surface area contributed by atoms with Gasteiger partial charge in [-0.3, -0.25) is 9.59 Å². The molecular weight excluding hydrogens is 559 g/mol. The second-order valence-corrected chi connectivity index (χ2v) is 10.4. The van der Waals surface area contributed by atoms with Gasteiger partial charge in [0.2, 0.25) is 11.8 Å². The molecule has 3 atom stereocenters. The Bertz CT molecular complexity index is 897. The lowest BCUT2D eigenvalue weighted by Gasteiger charge is -2.44. The van der Waals surface area contributed by atoms with Crippen molar-refractivity contribution in [3.05, 3.63) is 52.1 Å². The minimum atomic E-state index is -0.990. The summed E-state index contributed by atoms with van der Waals surface area (Å²) in [5.74, 6) is 0.278. The third kappa shape index (κ3) is 7.54. The standard InChI is InChI=1S/C27H37IN2O5/c1-2-3-14-25(32)30(20-10-6-4-5-7-11-20)22-17-19(27(34)29-15-16-31)18-24(26(22)33)35-23-13-9-8-12-21(23)28/h2,8-9,12-13,18,20,22,24,26,31,33H,1,3-7,10-11,14-17H2,(H,29,34). The quantitative estimate of drug-likeness (QED) is 0.217. The van der Waals surface area contributed by atoms with Crippen LogP contribution >= 0.6 is 22.6 Å². The van der Waals surface area contributed by atoms with Gasteiger partial charge in [-0.1, -0.05) is 43.9 Å². The van der Waals surface area contributed by atoms with E-state index in [-0.39, 0.29) is 37.4 Å². The molecule has 3 unspecified atom stereocenters. The zero-order chi connectivity index (χ0) is 25.2. The summed E-state index contributed by atoms with van der Waals surface area (Å²) in [6.45, 7) is 3.72. The monoisotopic (exact) mass is 596 g/mol. The van der Waals surface area contributed by atoms with E-state index < -0.39 is 18.2 Å². The average molecular weight is 597 g/mol. The summed E-state index contributed by atoms with van der Waals surface area (Å²) in [5.41, 5.74) is 0.458. The summed E-state index contributed by atoms with van der Waals surface area (Å²) in [6.07, 6.45) is 8.89. The number of nitrogens with zero attached hydrogens (tertiary/aromatic N) is 1. The van der Waals surface area contributed by atoms with Gasteiger partial charge in [0.25, 0.3) is 0 Å². The molecule has 0 radical (unpaired) electrons. The van der Waals surface area contributed by atoms with Gasteiger partial charge in [0.15, 0.2) is 0 Å². The van der Waals surface area contributed by atoms with Crippen LogP contribution in [0.1, 0.15) is 57.8 Å². The molecule has 0 bridgehead atoms. The Labute approximate surface area is 221 Å². The van der Waals surface area contributed by atoms with Gasteiger partial charge >= 0.3 is 0 Å². The molecule has 1 saturated carbocycles. The number of para-hydroxylation sites is 1. The van der Waals surface area contributed by atoms with Crippen LogP contribution < -0.4 is 10.1 Å². The SMILES string of the molecule is C=CCCC(=O)N(C1CCCCCC1)C1CC(C(=O)NCCO)=CC(Oc2ccccc2I)C1O. The van der Waals surface area contributed by atoms with E-state index in [1.165, 1.54) is 0 Å². The summed E-state index contributed by atoms with van der Waals surface area (Å²) >= 11 is 2.18. The van der Waals surface area contributed by atoms with Crippen LogP contribution in [0.3, 0.4) is 0 Å². The van der Waals surface area contributed by atoms with Gasteiger partial charge in [-0.25, -0.2) is 0 Å². The zero-order valence-electron chi connectivity index (χ0n) is 20.2. The number of hydrogen-bond acceptors (Lipinski definition) is 5. The summed E-state index contributed by atoms with van der Waals surface area (Å²) in [5, 5.41) is 23.4. The first kappa shape index (κ1) is 27.7. The molecule has 0 saturated heterocycles. The molecule has 0 aliphatic heterocycles. The number of allylic oxidation sites excluding steroid dienone is 1. The van der Waals surface area contributed by atoms with Crippen molar-refractivity contribution in [2.45, 2.75) is 82.1 Å². The van der Waals surface area contributed by atoms with Crippen LogP contribution in [0.25, 0.3) is 0 Å². The van der Waals surface area contributed by atoms with Gasteiger partial charge in [0.05, 0.1) is 16.2 Å².